The van der Waals surface area contributed by atoms with Crippen LogP contribution in [0.15, 0.2) is 73.1 Å². The van der Waals surface area contributed by atoms with Gasteiger partial charge < -0.3 is 20.1 Å². The normalized spacial score (nSPS) is 15.3. The summed E-state index contributed by atoms with van der Waals surface area (Å²) in [6, 6.07) is 18.5. The summed E-state index contributed by atoms with van der Waals surface area (Å²) >= 11 is 1.41. The van der Waals surface area contributed by atoms with Crippen LogP contribution in [0.5, 0.6) is 5.75 Å². The first-order chi connectivity index (χ1) is 23.4. The van der Waals surface area contributed by atoms with Gasteiger partial charge in [-0.05, 0) is 66.0 Å². The summed E-state index contributed by atoms with van der Waals surface area (Å²) in [5.41, 5.74) is 3.47. The Morgan fingerprint density at radius 3 is 2.22 bits per heavy atom. The van der Waals surface area contributed by atoms with Gasteiger partial charge in [0.05, 0.1) is 17.4 Å². The molecule has 1 fully saturated rings. The van der Waals surface area contributed by atoms with Gasteiger partial charge in [-0.3, -0.25) is 14.4 Å². The lowest BCUT2D eigenvalue weighted by Crippen LogP contribution is -2.49. The number of hydrogen-bond acceptors (Lipinski definition) is 7. The number of rotatable bonds is 13. The zero-order valence-corrected chi connectivity index (χ0v) is 29.8. The Bertz CT molecular complexity index is 1730. The van der Waals surface area contributed by atoms with Gasteiger partial charge in [-0.15, -0.1) is 11.3 Å². The Morgan fingerprint density at radius 1 is 0.959 bits per heavy atom. The Kier molecular flexibility index (Phi) is 11.5. The minimum absolute atomic E-state index is 0.0982. The van der Waals surface area contributed by atoms with Gasteiger partial charge in [0.15, 0.2) is 5.82 Å². The maximum atomic E-state index is 13.7. The molecule has 2 amide bonds. The summed E-state index contributed by atoms with van der Waals surface area (Å²) in [7, 11) is 0. The molecular weight excluding hydrogens is 637 g/mol. The number of aromatic nitrogens is 2. The summed E-state index contributed by atoms with van der Waals surface area (Å²) in [5.74, 6) is -0.0175. The van der Waals surface area contributed by atoms with Crippen molar-refractivity contribution < 1.29 is 24.2 Å². The van der Waals surface area contributed by atoms with Crippen molar-refractivity contribution in [3.8, 4) is 28.3 Å². The van der Waals surface area contributed by atoms with E-state index in [1.54, 1.807) is 23.4 Å². The molecule has 0 aliphatic carbocycles. The van der Waals surface area contributed by atoms with E-state index in [4.69, 9.17) is 4.74 Å². The monoisotopic (exact) mass is 682 g/mol. The second kappa shape index (κ2) is 15.8. The summed E-state index contributed by atoms with van der Waals surface area (Å²) in [5, 5.41) is 12.4. The molecule has 0 saturated carbocycles. The molecule has 1 saturated heterocycles. The first kappa shape index (κ1) is 35.7. The van der Waals surface area contributed by atoms with Gasteiger partial charge in [-0.2, -0.15) is 0 Å². The lowest BCUT2D eigenvalue weighted by Gasteiger charge is -2.24. The topological polar surface area (TPSA) is 122 Å². The predicted octanol–water partition coefficient (Wildman–Crippen LogP) is 7.26. The molecule has 10 heteroatoms. The summed E-state index contributed by atoms with van der Waals surface area (Å²) in [4.78, 5) is 51.0. The summed E-state index contributed by atoms with van der Waals surface area (Å²) in [6.45, 7) is 11.9. The standard InChI is InChI=1S/C39H46N4O5S/c1-25(2)7-6-20-48-31-14-12-27(13-15-31)30-22-40-35(41-23-30)28-10-8-26(9-11-28)21-32(37(45)43-19-18-29(24-43)38(46)47)42-36(44)33-16-17-34(49-33)39(3,4)5/h8-17,22-23,25,29,32H,6-7,18-21,24H2,1-5H3,(H,42,44)(H,46,47). The highest BCUT2D eigenvalue weighted by molar-refractivity contribution is 7.14. The van der Waals surface area contributed by atoms with E-state index < -0.39 is 17.9 Å². The van der Waals surface area contributed by atoms with Crippen LogP contribution >= 0.6 is 11.3 Å². The van der Waals surface area contributed by atoms with Crippen LogP contribution in [0.1, 0.15) is 74.0 Å². The van der Waals surface area contributed by atoms with Gasteiger partial charge >= 0.3 is 5.97 Å². The number of carbonyl (C=O) groups excluding carboxylic acids is 2. The van der Waals surface area contributed by atoms with Gasteiger partial charge in [-0.1, -0.05) is 71.0 Å². The molecule has 2 aromatic heterocycles. The molecule has 258 valence electrons. The van der Waals surface area contributed by atoms with Crippen molar-refractivity contribution in [3.05, 3.63) is 88.4 Å². The molecule has 1 aliphatic heterocycles. The molecule has 0 spiro atoms. The Hall–Kier alpha value is -4.57. The summed E-state index contributed by atoms with van der Waals surface area (Å²) < 4.78 is 5.87. The fraction of sp³-hybridized carbons (Fsp3) is 0.410. The third-order valence-corrected chi connectivity index (χ3v) is 10.2. The molecule has 9 nitrogen and oxygen atoms in total. The van der Waals surface area contributed by atoms with E-state index in [1.165, 1.54) is 11.3 Å². The molecule has 1 aliphatic rings. The lowest BCUT2D eigenvalue weighted by atomic mass is 9.95. The highest BCUT2D eigenvalue weighted by Gasteiger charge is 2.35. The molecule has 0 bridgehead atoms. The van der Waals surface area contributed by atoms with Crippen molar-refractivity contribution in [2.45, 2.75) is 71.8 Å². The van der Waals surface area contributed by atoms with Gasteiger partial charge in [0.25, 0.3) is 5.91 Å². The van der Waals surface area contributed by atoms with E-state index >= 15 is 0 Å². The second-order valence-corrected chi connectivity index (χ2v) is 15.2. The van der Waals surface area contributed by atoms with Crippen LogP contribution in [0.4, 0.5) is 0 Å². The van der Waals surface area contributed by atoms with Gasteiger partial charge in [0.1, 0.15) is 11.8 Å². The number of carboxylic acid groups (broad SMARTS) is 1. The molecule has 2 atom stereocenters. The number of ether oxygens (including phenoxy) is 1. The van der Waals surface area contributed by atoms with E-state index in [-0.39, 0.29) is 30.2 Å². The minimum Gasteiger partial charge on any atom is -0.494 e. The zero-order valence-electron chi connectivity index (χ0n) is 28.9. The van der Waals surface area contributed by atoms with Crippen LogP contribution < -0.4 is 10.1 Å². The van der Waals surface area contributed by atoms with Crippen molar-refractivity contribution in [1.29, 1.82) is 0 Å². The van der Waals surface area contributed by atoms with Gasteiger partial charge in [0.2, 0.25) is 5.91 Å². The SMILES string of the molecule is CC(C)CCCOc1ccc(-c2cnc(-c3ccc(CC(NC(=O)c4ccc(C(C)(C)C)s4)C(=O)N4CCC(C(=O)O)C4)cc3)nc2)cc1. The quantitative estimate of drug-likeness (QED) is 0.142. The maximum Gasteiger partial charge on any atom is 0.308 e. The van der Waals surface area contributed by atoms with E-state index in [0.717, 1.165) is 45.7 Å². The molecule has 3 heterocycles. The molecule has 49 heavy (non-hydrogen) atoms. The van der Waals surface area contributed by atoms with E-state index in [0.29, 0.717) is 36.2 Å². The fourth-order valence-electron chi connectivity index (χ4n) is 5.75. The van der Waals surface area contributed by atoms with Crippen molar-refractivity contribution in [2.75, 3.05) is 19.7 Å². The number of carboxylic acids is 1. The molecular formula is C39H46N4O5S. The number of carbonyl (C=O) groups is 3. The van der Waals surface area contributed by atoms with E-state index in [1.807, 2.05) is 54.6 Å². The lowest BCUT2D eigenvalue weighted by molar-refractivity contribution is -0.141. The molecule has 2 unspecified atom stereocenters. The minimum atomic E-state index is -0.912. The second-order valence-electron chi connectivity index (χ2n) is 14.2. The number of amides is 2. The smallest absolute Gasteiger partial charge is 0.308 e. The van der Waals surface area contributed by atoms with Crippen molar-refractivity contribution in [3.63, 3.8) is 0 Å². The fourth-order valence-corrected chi connectivity index (χ4v) is 6.72. The Balaban J connectivity index is 1.25. The number of nitrogens with one attached hydrogen (secondary N) is 1. The number of benzene rings is 2. The molecule has 2 aromatic carbocycles. The number of hydrogen-bond donors (Lipinski definition) is 2. The first-order valence-electron chi connectivity index (χ1n) is 16.9. The third kappa shape index (κ3) is 9.53. The maximum absolute atomic E-state index is 13.7. The summed E-state index contributed by atoms with van der Waals surface area (Å²) in [6.07, 6.45) is 6.44. The molecule has 0 radical (unpaired) electrons. The van der Waals surface area contributed by atoms with Crippen LogP contribution in [0, 0.1) is 11.8 Å². The predicted molar refractivity (Wildman–Crippen MR) is 193 cm³/mol. The van der Waals surface area contributed by atoms with Crippen molar-refractivity contribution in [2.24, 2.45) is 11.8 Å². The van der Waals surface area contributed by atoms with Crippen LogP contribution in [0.25, 0.3) is 22.5 Å². The average Bonchev–Trinajstić information content (AvgIpc) is 3.79. The van der Waals surface area contributed by atoms with E-state index in [9.17, 15) is 19.5 Å². The average molecular weight is 683 g/mol. The van der Waals surface area contributed by atoms with Gasteiger partial charge in [0, 0.05) is 47.9 Å². The molecule has 5 rings (SSSR count). The van der Waals surface area contributed by atoms with Gasteiger partial charge in [-0.25, -0.2) is 9.97 Å². The Labute approximate surface area is 292 Å². The highest BCUT2D eigenvalue weighted by atomic mass is 32.1. The number of aliphatic carboxylic acids is 1. The third-order valence-electron chi connectivity index (χ3n) is 8.71. The van der Waals surface area contributed by atoms with Crippen LogP contribution in [0.3, 0.4) is 0 Å². The van der Waals surface area contributed by atoms with Crippen molar-refractivity contribution >= 4 is 29.1 Å². The van der Waals surface area contributed by atoms with Crippen LogP contribution in [-0.4, -0.2) is 63.5 Å². The Morgan fingerprint density at radius 2 is 1.63 bits per heavy atom. The molecule has 4 aromatic rings. The van der Waals surface area contributed by atoms with Crippen LogP contribution in [0.2, 0.25) is 0 Å². The molecule has 2 N–H and O–H groups in total. The largest absolute Gasteiger partial charge is 0.494 e. The number of nitrogens with zero attached hydrogens (tertiary/aromatic N) is 3. The number of thiophene rings is 1. The first-order valence-corrected chi connectivity index (χ1v) is 17.8. The highest BCUT2D eigenvalue weighted by Crippen LogP contribution is 2.30. The van der Waals surface area contributed by atoms with Crippen LogP contribution in [-0.2, 0) is 21.4 Å². The zero-order chi connectivity index (χ0) is 35.1. The number of likely N-dealkylation sites (tertiary alicyclic amines) is 1. The van der Waals surface area contributed by atoms with Crippen molar-refractivity contribution in [1.82, 2.24) is 20.2 Å². The van der Waals surface area contributed by atoms with E-state index in [2.05, 4.69) is 49.9 Å².